The first kappa shape index (κ1) is 17.9. The maximum atomic E-state index is 12.5. The van der Waals surface area contributed by atoms with E-state index in [4.69, 9.17) is 4.74 Å². The minimum absolute atomic E-state index is 0.0377. The summed E-state index contributed by atoms with van der Waals surface area (Å²) >= 11 is 0. The molecule has 0 aromatic carbocycles. The Labute approximate surface area is 139 Å². The Kier molecular flexibility index (Phi) is 6.54. The Morgan fingerprint density at radius 2 is 1.91 bits per heavy atom. The third kappa shape index (κ3) is 5.59. The van der Waals surface area contributed by atoms with Crippen LogP contribution in [0.4, 0.5) is 0 Å². The summed E-state index contributed by atoms with van der Waals surface area (Å²) in [6, 6.07) is 4.27. The van der Waals surface area contributed by atoms with Gasteiger partial charge in [-0.3, -0.25) is 14.7 Å². The average molecular weight is 319 g/mol. The van der Waals surface area contributed by atoms with Crippen molar-refractivity contribution in [2.45, 2.75) is 46.4 Å². The molecular formula is C18H29N3O2. The van der Waals surface area contributed by atoms with Crippen molar-refractivity contribution < 1.29 is 9.53 Å². The van der Waals surface area contributed by atoms with Crippen LogP contribution in [0, 0.1) is 5.92 Å². The normalized spacial score (nSPS) is 20.3. The lowest BCUT2D eigenvalue weighted by Crippen LogP contribution is -2.40. The van der Waals surface area contributed by atoms with Gasteiger partial charge in [-0.05, 0) is 37.5 Å². The average Bonchev–Trinajstić information content (AvgIpc) is 2.66. The lowest BCUT2D eigenvalue weighted by molar-refractivity contribution is -0.132. The molecule has 1 aliphatic heterocycles. The molecule has 1 unspecified atom stereocenters. The van der Waals surface area contributed by atoms with E-state index in [1.165, 1.54) is 0 Å². The molecule has 2 rings (SSSR count). The molecule has 0 N–H and O–H groups in total. The van der Waals surface area contributed by atoms with E-state index in [0.29, 0.717) is 31.7 Å². The van der Waals surface area contributed by atoms with Crippen molar-refractivity contribution >= 4 is 5.91 Å². The highest BCUT2D eigenvalue weighted by molar-refractivity contribution is 5.78. The highest BCUT2D eigenvalue weighted by atomic mass is 16.5. The minimum atomic E-state index is 0.0377. The molecule has 0 spiro atoms. The predicted octanol–water partition coefficient (Wildman–Crippen LogP) is 2.18. The van der Waals surface area contributed by atoms with Gasteiger partial charge < -0.3 is 9.64 Å². The van der Waals surface area contributed by atoms with Crippen LogP contribution in [0.25, 0.3) is 0 Å². The number of carbonyl (C=O) groups excluding carboxylic acids is 1. The number of ether oxygens (including phenoxy) is 1. The lowest BCUT2D eigenvalue weighted by Gasteiger charge is -2.27. The number of amides is 1. The fraction of sp³-hybridized carbons (Fsp3) is 0.667. The van der Waals surface area contributed by atoms with Crippen molar-refractivity contribution in [3.05, 3.63) is 30.1 Å². The first-order chi connectivity index (χ1) is 11.0. The Morgan fingerprint density at radius 3 is 2.52 bits per heavy atom. The topological polar surface area (TPSA) is 45.7 Å². The molecule has 1 atom stereocenters. The van der Waals surface area contributed by atoms with Crippen LogP contribution in [0.1, 0.15) is 33.3 Å². The van der Waals surface area contributed by atoms with Gasteiger partial charge in [-0.1, -0.05) is 13.8 Å². The molecule has 1 saturated heterocycles. The van der Waals surface area contributed by atoms with Crippen LogP contribution in [0.3, 0.4) is 0 Å². The fourth-order valence-corrected chi connectivity index (χ4v) is 2.81. The van der Waals surface area contributed by atoms with Gasteiger partial charge in [-0.15, -0.1) is 0 Å². The van der Waals surface area contributed by atoms with Crippen LogP contribution in [-0.4, -0.2) is 59.0 Å². The zero-order valence-electron chi connectivity index (χ0n) is 14.7. The van der Waals surface area contributed by atoms with E-state index in [1.807, 2.05) is 17.0 Å². The monoisotopic (exact) mass is 319 g/mol. The quantitative estimate of drug-likeness (QED) is 0.806. The predicted molar refractivity (Wildman–Crippen MR) is 90.9 cm³/mol. The molecule has 5 nitrogen and oxygen atoms in total. The molecule has 1 amide bonds. The van der Waals surface area contributed by atoms with E-state index in [1.54, 1.807) is 12.4 Å². The number of rotatable bonds is 6. The molecule has 1 aromatic heterocycles. The SMILES string of the molecule is CC(C)CN1CC(OCc2ccncc2)CN(C(C)C)CC1=O. The van der Waals surface area contributed by atoms with Gasteiger partial charge in [0, 0.05) is 38.1 Å². The molecule has 23 heavy (non-hydrogen) atoms. The summed E-state index contributed by atoms with van der Waals surface area (Å²) in [5.74, 6) is 0.674. The van der Waals surface area contributed by atoms with E-state index in [0.717, 1.165) is 18.7 Å². The van der Waals surface area contributed by atoms with Crippen LogP contribution in [0.5, 0.6) is 0 Å². The van der Waals surface area contributed by atoms with E-state index in [2.05, 4.69) is 37.6 Å². The third-order valence-electron chi connectivity index (χ3n) is 4.10. The van der Waals surface area contributed by atoms with Gasteiger partial charge in [-0.25, -0.2) is 0 Å². The van der Waals surface area contributed by atoms with Gasteiger partial charge in [0.05, 0.1) is 19.3 Å². The van der Waals surface area contributed by atoms with E-state index in [9.17, 15) is 4.79 Å². The van der Waals surface area contributed by atoms with Crippen LogP contribution >= 0.6 is 0 Å². The minimum Gasteiger partial charge on any atom is -0.370 e. The molecule has 1 aliphatic rings. The van der Waals surface area contributed by atoms with E-state index >= 15 is 0 Å². The number of pyridine rings is 1. The van der Waals surface area contributed by atoms with Crippen LogP contribution in [-0.2, 0) is 16.1 Å². The summed E-state index contributed by atoms with van der Waals surface area (Å²) < 4.78 is 6.13. The number of hydrogen-bond donors (Lipinski definition) is 0. The van der Waals surface area contributed by atoms with Gasteiger partial charge in [0.2, 0.25) is 5.91 Å². The molecule has 2 heterocycles. The first-order valence-electron chi connectivity index (χ1n) is 8.48. The highest BCUT2D eigenvalue weighted by Gasteiger charge is 2.29. The maximum absolute atomic E-state index is 12.5. The first-order valence-corrected chi connectivity index (χ1v) is 8.48. The number of carbonyl (C=O) groups is 1. The molecule has 5 heteroatoms. The second-order valence-electron chi connectivity index (χ2n) is 7.00. The maximum Gasteiger partial charge on any atom is 0.236 e. The summed E-state index contributed by atoms with van der Waals surface area (Å²) in [5.41, 5.74) is 1.11. The molecule has 0 radical (unpaired) electrons. The highest BCUT2D eigenvalue weighted by Crippen LogP contribution is 2.14. The van der Waals surface area contributed by atoms with Crippen LogP contribution < -0.4 is 0 Å². The summed E-state index contributed by atoms with van der Waals surface area (Å²) in [5, 5.41) is 0. The van der Waals surface area contributed by atoms with Crippen molar-refractivity contribution in [1.82, 2.24) is 14.8 Å². The Balaban J connectivity index is 2.03. The van der Waals surface area contributed by atoms with Crippen molar-refractivity contribution in [3.63, 3.8) is 0 Å². The number of nitrogens with zero attached hydrogens (tertiary/aromatic N) is 3. The summed E-state index contributed by atoms with van der Waals surface area (Å²) in [6.07, 6.45) is 3.59. The van der Waals surface area contributed by atoms with Crippen LogP contribution in [0.15, 0.2) is 24.5 Å². The third-order valence-corrected chi connectivity index (χ3v) is 4.10. The van der Waals surface area contributed by atoms with Gasteiger partial charge in [0.25, 0.3) is 0 Å². The van der Waals surface area contributed by atoms with Gasteiger partial charge in [-0.2, -0.15) is 0 Å². The Hall–Kier alpha value is -1.46. The van der Waals surface area contributed by atoms with Crippen molar-refractivity contribution in [2.75, 3.05) is 26.2 Å². The molecule has 0 saturated carbocycles. The van der Waals surface area contributed by atoms with Gasteiger partial charge in [0.1, 0.15) is 0 Å². The summed E-state index contributed by atoms with van der Waals surface area (Å²) in [6.45, 7) is 11.9. The van der Waals surface area contributed by atoms with Gasteiger partial charge >= 0.3 is 0 Å². The summed E-state index contributed by atoms with van der Waals surface area (Å²) in [7, 11) is 0. The smallest absolute Gasteiger partial charge is 0.236 e. The largest absolute Gasteiger partial charge is 0.370 e. The van der Waals surface area contributed by atoms with E-state index < -0.39 is 0 Å². The van der Waals surface area contributed by atoms with E-state index in [-0.39, 0.29) is 12.0 Å². The standard InChI is InChI=1S/C18H29N3O2/c1-14(2)9-21-11-17(10-20(15(3)4)12-18(21)22)23-13-16-5-7-19-8-6-16/h5-8,14-15,17H,9-13H2,1-4H3. The summed E-state index contributed by atoms with van der Waals surface area (Å²) in [4.78, 5) is 20.7. The molecule has 1 fully saturated rings. The molecule has 128 valence electrons. The van der Waals surface area contributed by atoms with Crippen molar-refractivity contribution in [1.29, 1.82) is 0 Å². The number of hydrogen-bond acceptors (Lipinski definition) is 4. The zero-order valence-corrected chi connectivity index (χ0v) is 14.7. The lowest BCUT2D eigenvalue weighted by atomic mass is 10.2. The van der Waals surface area contributed by atoms with Crippen LogP contribution in [0.2, 0.25) is 0 Å². The Bertz CT molecular complexity index is 490. The second-order valence-corrected chi connectivity index (χ2v) is 7.00. The second kappa shape index (κ2) is 8.41. The van der Waals surface area contributed by atoms with Gasteiger partial charge in [0.15, 0.2) is 0 Å². The molecule has 0 bridgehead atoms. The van der Waals surface area contributed by atoms with Crippen molar-refractivity contribution in [2.24, 2.45) is 5.92 Å². The Morgan fingerprint density at radius 1 is 1.22 bits per heavy atom. The number of aromatic nitrogens is 1. The molecular weight excluding hydrogens is 290 g/mol. The van der Waals surface area contributed by atoms with Crippen molar-refractivity contribution in [3.8, 4) is 0 Å². The fourth-order valence-electron chi connectivity index (χ4n) is 2.81. The molecule has 1 aromatic rings. The zero-order chi connectivity index (χ0) is 16.8. The molecule has 0 aliphatic carbocycles.